The number of pyridine rings is 2. The average Bonchev–Trinajstić information content (AvgIpc) is 3.09. The molecule has 156 valence electrons. The highest BCUT2D eigenvalue weighted by Gasteiger charge is 2.16. The van der Waals surface area contributed by atoms with Crippen molar-refractivity contribution in [1.29, 1.82) is 0 Å². The first-order chi connectivity index (χ1) is 15.0. The Morgan fingerprint density at radius 2 is 1.77 bits per heavy atom. The van der Waals surface area contributed by atoms with Gasteiger partial charge in [-0.3, -0.25) is 14.6 Å². The van der Waals surface area contributed by atoms with Gasteiger partial charge in [-0.1, -0.05) is 30.3 Å². The van der Waals surface area contributed by atoms with Crippen LogP contribution in [0.4, 0.5) is 0 Å². The molecule has 1 aromatic carbocycles. The number of benzene rings is 1. The molecule has 1 N–H and O–H groups in total. The van der Waals surface area contributed by atoms with Crippen LogP contribution in [0.25, 0.3) is 5.69 Å². The summed E-state index contributed by atoms with van der Waals surface area (Å²) < 4.78 is 3.69. The maximum Gasteiger partial charge on any atom is 0.253 e. The zero-order chi connectivity index (χ0) is 21.8. The van der Waals surface area contributed by atoms with Crippen molar-refractivity contribution < 1.29 is 4.79 Å². The lowest BCUT2D eigenvalue weighted by atomic mass is 10.1. The number of aryl methyl sites for hydroxylation is 1. The summed E-state index contributed by atoms with van der Waals surface area (Å²) in [7, 11) is 0. The van der Waals surface area contributed by atoms with E-state index in [1.807, 2.05) is 66.9 Å². The molecule has 0 bridgehead atoms. The van der Waals surface area contributed by atoms with Gasteiger partial charge in [0.05, 0.1) is 24.0 Å². The number of rotatable bonds is 6. The van der Waals surface area contributed by atoms with Crippen LogP contribution in [0, 0.1) is 13.8 Å². The Morgan fingerprint density at radius 3 is 2.48 bits per heavy atom. The van der Waals surface area contributed by atoms with Gasteiger partial charge in [-0.05, 0) is 49.2 Å². The highest BCUT2D eigenvalue weighted by Crippen LogP contribution is 2.20. The van der Waals surface area contributed by atoms with Gasteiger partial charge in [-0.25, -0.2) is 0 Å². The first-order valence-electron chi connectivity index (χ1n) is 10.1. The third-order valence-corrected chi connectivity index (χ3v) is 5.31. The quantitative estimate of drug-likeness (QED) is 0.526. The van der Waals surface area contributed by atoms with Gasteiger partial charge in [-0.2, -0.15) is 0 Å². The van der Waals surface area contributed by atoms with E-state index in [2.05, 4.69) is 10.3 Å². The highest BCUT2D eigenvalue weighted by molar-refractivity contribution is 5.95. The first-order valence-corrected chi connectivity index (χ1v) is 10.1. The molecule has 31 heavy (non-hydrogen) atoms. The molecule has 4 rings (SSSR count). The molecule has 1 amide bonds. The second-order valence-corrected chi connectivity index (χ2v) is 7.50. The van der Waals surface area contributed by atoms with Crippen LogP contribution in [-0.2, 0) is 13.1 Å². The van der Waals surface area contributed by atoms with Crippen molar-refractivity contribution in [3.05, 3.63) is 118 Å². The first kappa shape index (κ1) is 20.3. The van der Waals surface area contributed by atoms with E-state index in [0.29, 0.717) is 18.7 Å². The fourth-order valence-corrected chi connectivity index (χ4v) is 3.70. The summed E-state index contributed by atoms with van der Waals surface area (Å²) in [5.74, 6) is -0.108. The summed E-state index contributed by atoms with van der Waals surface area (Å²) in [6.45, 7) is 4.87. The minimum Gasteiger partial charge on any atom is -0.348 e. The number of carbonyl (C=O) groups excluding carboxylic acids is 1. The Labute approximate surface area is 180 Å². The van der Waals surface area contributed by atoms with Crippen molar-refractivity contribution in [2.45, 2.75) is 26.9 Å². The Balaban J connectivity index is 1.42. The van der Waals surface area contributed by atoms with Crippen LogP contribution < -0.4 is 10.9 Å². The molecule has 0 fully saturated rings. The number of carbonyl (C=O) groups is 1. The van der Waals surface area contributed by atoms with E-state index >= 15 is 0 Å². The number of hydrogen-bond acceptors (Lipinski definition) is 3. The molecule has 0 aliphatic heterocycles. The lowest BCUT2D eigenvalue weighted by Gasteiger charge is -2.10. The molecule has 0 atom stereocenters. The number of nitrogens with one attached hydrogen (secondary N) is 1. The standard InChI is InChI=1S/C25H24N4O2/c1-18-14-23(19(2)29(18)22-6-5-12-26-16-22)25(31)27-15-20-8-10-21(11-9-20)17-28-13-4-3-7-24(28)30/h3-14,16H,15,17H2,1-2H3,(H,27,31). The minimum absolute atomic E-state index is 0.0253. The molecule has 6 nitrogen and oxygen atoms in total. The van der Waals surface area contributed by atoms with E-state index < -0.39 is 0 Å². The smallest absolute Gasteiger partial charge is 0.253 e. The van der Waals surface area contributed by atoms with Crippen LogP contribution in [0.15, 0.2) is 84.0 Å². The molecule has 0 aliphatic carbocycles. The Kier molecular flexibility index (Phi) is 5.80. The molecule has 3 heterocycles. The van der Waals surface area contributed by atoms with E-state index in [0.717, 1.165) is 28.2 Å². The van der Waals surface area contributed by atoms with Crippen molar-refractivity contribution in [3.8, 4) is 5.69 Å². The molecule has 0 unspecified atom stereocenters. The molecule has 0 saturated carbocycles. The van der Waals surface area contributed by atoms with Crippen LogP contribution >= 0.6 is 0 Å². The number of aromatic nitrogens is 3. The van der Waals surface area contributed by atoms with Gasteiger partial charge in [0.2, 0.25) is 0 Å². The van der Waals surface area contributed by atoms with Gasteiger partial charge < -0.3 is 14.5 Å². The molecule has 0 radical (unpaired) electrons. The summed E-state index contributed by atoms with van der Waals surface area (Å²) in [4.78, 5) is 28.8. The molecular formula is C25H24N4O2. The molecule has 0 saturated heterocycles. The Hall–Kier alpha value is -3.93. The van der Waals surface area contributed by atoms with Gasteiger partial charge in [0, 0.05) is 36.4 Å². The van der Waals surface area contributed by atoms with Crippen LogP contribution in [0.2, 0.25) is 0 Å². The third kappa shape index (κ3) is 4.48. The summed E-state index contributed by atoms with van der Waals surface area (Å²) in [6, 6.07) is 18.8. The molecular weight excluding hydrogens is 388 g/mol. The summed E-state index contributed by atoms with van der Waals surface area (Å²) in [5.41, 5.74) is 5.46. The predicted molar refractivity (Wildman–Crippen MR) is 120 cm³/mol. The number of nitrogens with zero attached hydrogens (tertiary/aromatic N) is 3. The van der Waals surface area contributed by atoms with Crippen molar-refractivity contribution in [2.75, 3.05) is 0 Å². The summed E-state index contributed by atoms with van der Waals surface area (Å²) in [6.07, 6.45) is 5.29. The van der Waals surface area contributed by atoms with Crippen LogP contribution in [-0.4, -0.2) is 20.0 Å². The zero-order valence-corrected chi connectivity index (χ0v) is 17.6. The third-order valence-electron chi connectivity index (χ3n) is 5.31. The SMILES string of the molecule is Cc1cc(C(=O)NCc2ccc(Cn3ccccc3=O)cc2)c(C)n1-c1cccnc1. The lowest BCUT2D eigenvalue weighted by Crippen LogP contribution is -2.23. The van der Waals surface area contributed by atoms with Crippen LogP contribution in [0.5, 0.6) is 0 Å². The van der Waals surface area contributed by atoms with E-state index in [1.54, 1.807) is 35.3 Å². The van der Waals surface area contributed by atoms with Crippen molar-refractivity contribution in [2.24, 2.45) is 0 Å². The van der Waals surface area contributed by atoms with E-state index in [-0.39, 0.29) is 11.5 Å². The lowest BCUT2D eigenvalue weighted by molar-refractivity contribution is 0.0950. The Bertz CT molecular complexity index is 1250. The molecule has 4 aromatic rings. The second kappa shape index (κ2) is 8.83. The fraction of sp³-hybridized carbons (Fsp3) is 0.160. The van der Waals surface area contributed by atoms with E-state index in [4.69, 9.17) is 0 Å². The second-order valence-electron chi connectivity index (χ2n) is 7.50. The van der Waals surface area contributed by atoms with Gasteiger partial charge in [0.1, 0.15) is 0 Å². The number of hydrogen-bond donors (Lipinski definition) is 1. The maximum absolute atomic E-state index is 12.8. The Morgan fingerprint density at radius 1 is 1.00 bits per heavy atom. The number of amides is 1. The predicted octanol–water partition coefficient (Wildman–Crippen LogP) is 3.63. The average molecular weight is 412 g/mol. The minimum atomic E-state index is -0.108. The molecule has 0 spiro atoms. The molecule has 3 aromatic heterocycles. The fourth-order valence-electron chi connectivity index (χ4n) is 3.70. The maximum atomic E-state index is 12.8. The molecule has 0 aliphatic rings. The van der Waals surface area contributed by atoms with Gasteiger partial charge in [-0.15, -0.1) is 0 Å². The zero-order valence-electron chi connectivity index (χ0n) is 17.6. The summed E-state index contributed by atoms with van der Waals surface area (Å²) >= 11 is 0. The monoisotopic (exact) mass is 412 g/mol. The summed E-state index contributed by atoms with van der Waals surface area (Å²) in [5, 5.41) is 3.00. The van der Waals surface area contributed by atoms with Crippen molar-refractivity contribution in [3.63, 3.8) is 0 Å². The van der Waals surface area contributed by atoms with Crippen LogP contribution in [0.1, 0.15) is 32.9 Å². The van der Waals surface area contributed by atoms with E-state index in [1.165, 1.54) is 0 Å². The highest BCUT2D eigenvalue weighted by atomic mass is 16.1. The van der Waals surface area contributed by atoms with Gasteiger partial charge in [0.15, 0.2) is 0 Å². The van der Waals surface area contributed by atoms with E-state index in [9.17, 15) is 9.59 Å². The van der Waals surface area contributed by atoms with Gasteiger partial charge >= 0.3 is 0 Å². The van der Waals surface area contributed by atoms with Crippen molar-refractivity contribution in [1.82, 2.24) is 19.4 Å². The van der Waals surface area contributed by atoms with Crippen LogP contribution in [0.3, 0.4) is 0 Å². The normalized spacial score (nSPS) is 10.8. The molecule has 6 heteroatoms. The topological polar surface area (TPSA) is 68.9 Å². The largest absolute Gasteiger partial charge is 0.348 e. The van der Waals surface area contributed by atoms with Gasteiger partial charge in [0.25, 0.3) is 11.5 Å². The van der Waals surface area contributed by atoms with Crippen molar-refractivity contribution >= 4 is 5.91 Å².